The molecule has 0 aliphatic heterocycles. The predicted molar refractivity (Wildman–Crippen MR) is 58.3 cm³/mol. The number of hydrogen-bond donors (Lipinski definition) is 2. The van der Waals surface area contributed by atoms with Crippen molar-refractivity contribution in [2.75, 3.05) is 10.5 Å². The number of nitrogens with zero attached hydrogens (tertiary/aromatic N) is 5. The Morgan fingerprint density at radius 3 is 2.47 bits per heavy atom. The molecule has 0 amide bonds. The van der Waals surface area contributed by atoms with E-state index in [1.807, 2.05) is 0 Å². The van der Waals surface area contributed by atoms with Gasteiger partial charge in [-0.3, -0.25) is 0 Å². The van der Waals surface area contributed by atoms with Crippen LogP contribution in [0.2, 0.25) is 0 Å². The molecule has 0 spiro atoms. The molecule has 3 N–H and O–H groups in total. The van der Waals surface area contributed by atoms with E-state index in [4.69, 9.17) is 5.73 Å². The Labute approximate surface area is 96.8 Å². The van der Waals surface area contributed by atoms with E-state index in [-0.39, 0.29) is 16.8 Å². The number of rotatable bonds is 3. The Bertz CT molecular complexity index is 618. The predicted octanol–water partition coefficient (Wildman–Crippen LogP) is -1.01. The lowest BCUT2D eigenvalue weighted by Crippen LogP contribution is -2.16. The molecular formula is C7H9N7O2S. The zero-order valence-electron chi connectivity index (χ0n) is 8.77. The average Bonchev–Trinajstić information content (AvgIpc) is 2.64. The largest absolute Gasteiger partial charge is 0.368 e. The van der Waals surface area contributed by atoms with Crippen LogP contribution in [0.4, 0.5) is 11.9 Å². The molecule has 0 unspecified atom stereocenters. The molecule has 0 atom stereocenters. The zero-order valence-corrected chi connectivity index (χ0v) is 9.59. The first-order valence-corrected chi connectivity index (χ1v) is 5.92. The van der Waals surface area contributed by atoms with Crippen molar-refractivity contribution in [2.24, 2.45) is 7.05 Å². The molecule has 2 rings (SSSR count). The van der Waals surface area contributed by atoms with Gasteiger partial charge in [-0.15, -0.1) is 0 Å². The molecule has 0 bridgehead atoms. The Balaban J connectivity index is 2.31. The maximum Gasteiger partial charge on any atom is 0.267 e. The Hall–Kier alpha value is -2.23. The zero-order chi connectivity index (χ0) is 12.5. The summed E-state index contributed by atoms with van der Waals surface area (Å²) in [5.41, 5.74) is 5.27. The summed E-state index contributed by atoms with van der Waals surface area (Å²) in [5, 5.41) is 3.74. The standard InChI is InChI=1S/C7H9N7O2S/c1-14-7(11-4-12-14)13-17(15,16)5-2-9-6(8)10-3-5/h2-4H,1H3,(H2,8,9,10)(H,11,12,13). The summed E-state index contributed by atoms with van der Waals surface area (Å²) in [4.78, 5) is 10.8. The van der Waals surface area contributed by atoms with Crippen LogP contribution in [0.1, 0.15) is 0 Å². The molecule has 2 aromatic heterocycles. The van der Waals surface area contributed by atoms with Gasteiger partial charge in [0.05, 0.1) is 12.4 Å². The van der Waals surface area contributed by atoms with E-state index >= 15 is 0 Å². The maximum atomic E-state index is 11.9. The van der Waals surface area contributed by atoms with Gasteiger partial charge in [-0.25, -0.2) is 27.8 Å². The second kappa shape index (κ2) is 3.97. The summed E-state index contributed by atoms with van der Waals surface area (Å²) >= 11 is 0. The topological polar surface area (TPSA) is 129 Å². The number of anilines is 2. The molecule has 10 heteroatoms. The molecule has 0 aliphatic carbocycles. The molecule has 0 fully saturated rings. The monoisotopic (exact) mass is 255 g/mol. The van der Waals surface area contributed by atoms with Crippen LogP contribution in [0.5, 0.6) is 0 Å². The smallest absolute Gasteiger partial charge is 0.267 e. The normalized spacial score (nSPS) is 11.4. The number of sulfonamides is 1. The van der Waals surface area contributed by atoms with Gasteiger partial charge in [-0.2, -0.15) is 10.1 Å². The first kappa shape index (κ1) is 11.3. The fourth-order valence-electron chi connectivity index (χ4n) is 1.03. The highest BCUT2D eigenvalue weighted by Gasteiger charge is 2.17. The van der Waals surface area contributed by atoms with Crippen LogP contribution in [-0.4, -0.2) is 33.2 Å². The summed E-state index contributed by atoms with van der Waals surface area (Å²) < 4.78 is 27.2. The quantitative estimate of drug-likeness (QED) is 0.718. The van der Waals surface area contributed by atoms with E-state index in [0.717, 1.165) is 12.4 Å². The third kappa shape index (κ3) is 2.30. The van der Waals surface area contributed by atoms with Crippen LogP contribution >= 0.6 is 0 Å². The summed E-state index contributed by atoms with van der Waals surface area (Å²) in [6, 6.07) is 0. The molecule has 0 saturated carbocycles. The molecule has 90 valence electrons. The fourth-order valence-corrected chi connectivity index (χ4v) is 1.96. The molecule has 2 aromatic rings. The molecule has 0 aliphatic rings. The van der Waals surface area contributed by atoms with Crippen LogP contribution in [0.3, 0.4) is 0 Å². The van der Waals surface area contributed by atoms with Crippen molar-refractivity contribution < 1.29 is 8.42 Å². The van der Waals surface area contributed by atoms with Gasteiger partial charge in [-0.1, -0.05) is 0 Å². The lowest BCUT2D eigenvalue weighted by Gasteiger charge is -2.05. The SMILES string of the molecule is Cn1ncnc1NS(=O)(=O)c1cnc(N)nc1. The minimum absolute atomic E-state index is 0.00242. The maximum absolute atomic E-state index is 11.9. The van der Waals surface area contributed by atoms with Crippen LogP contribution in [0, 0.1) is 0 Å². The average molecular weight is 255 g/mol. The van der Waals surface area contributed by atoms with E-state index in [2.05, 4.69) is 24.8 Å². The van der Waals surface area contributed by atoms with E-state index in [1.165, 1.54) is 11.0 Å². The van der Waals surface area contributed by atoms with Gasteiger partial charge in [0.1, 0.15) is 11.2 Å². The molecule has 0 saturated heterocycles. The number of hydrogen-bond acceptors (Lipinski definition) is 7. The first-order valence-electron chi connectivity index (χ1n) is 4.43. The van der Waals surface area contributed by atoms with E-state index in [9.17, 15) is 8.42 Å². The number of nitrogens with one attached hydrogen (secondary N) is 1. The van der Waals surface area contributed by atoms with Crippen molar-refractivity contribution in [3.63, 3.8) is 0 Å². The minimum Gasteiger partial charge on any atom is -0.368 e. The van der Waals surface area contributed by atoms with Crippen molar-refractivity contribution in [1.82, 2.24) is 24.7 Å². The van der Waals surface area contributed by atoms with E-state index in [1.54, 1.807) is 7.05 Å². The highest BCUT2D eigenvalue weighted by Crippen LogP contribution is 2.11. The summed E-state index contributed by atoms with van der Waals surface area (Å²) in [6.07, 6.45) is 3.46. The highest BCUT2D eigenvalue weighted by atomic mass is 32.2. The van der Waals surface area contributed by atoms with Gasteiger partial charge in [0.15, 0.2) is 0 Å². The molecule has 0 aromatic carbocycles. The van der Waals surface area contributed by atoms with Gasteiger partial charge in [0.2, 0.25) is 11.9 Å². The Kier molecular flexibility index (Phi) is 2.63. The van der Waals surface area contributed by atoms with Gasteiger partial charge in [0.25, 0.3) is 10.0 Å². The van der Waals surface area contributed by atoms with Crippen molar-refractivity contribution in [2.45, 2.75) is 4.90 Å². The van der Waals surface area contributed by atoms with Gasteiger partial charge >= 0.3 is 0 Å². The van der Waals surface area contributed by atoms with Crippen LogP contribution in [0.15, 0.2) is 23.6 Å². The van der Waals surface area contributed by atoms with E-state index in [0.29, 0.717) is 0 Å². The van der Waals surface area contributed by atoms with Crippen LogP contribution in [0.25, 0.3) is 0 Å². The third-order valence-electron chi connectivity index (χ3n) is 1.90. The molecular weight excluding hydrogens is 246 g/mol. The van der Waals surface area contributed by atoms with Gasteiger partial charge in [0, 0.05) is 7.05 Å². The van der Waals surface area contributed by atoms with Crippen LogP contribution < -0.4 is 10.5 Å². The number of nitrogen functional groups attached to an aromatic ring is 1. The van der Waals surface area contributed by atoms with Crippen LogP contribution in [-0.2, 0) is 17.1 Å². The number of aromatic nitrogens is 5. The molecule has 17 heavy (non-hydrogen) atoms. The summed E-state index contributed by atoms with van der Waals surface area (Å²) in [6.45, 7) is 0. The molecule has 0 radical (unpaired) electrons. The molecule has 9 nitrogen and oxygen atoms in total. The second-order valence-corrected chi connectivity index (χ2v) is 4.77. The van der Waals surface area contributed by atoms with Crippen molar-refractivity contribution in [3.8, 4) is 0 Å². The summed E-state index contributed by atoms with van der Waals surface area (Å²) in [5.74, 6) is 0.101. The molecule has 2 heterocycles. The third-order valence-corrected chi connectivity index (χ3v) is 3.18. The first-order chi connectivity index (χ1) is 7.99. The minimum atomic E-state index is -3.78. The van der Waals surface area contributed by atoms with E-state index < -0.39 is 10.0 Å². The van der Waals surface area contributed by atoms with Crippen molar-refractivity contribution in [1.29, 1.82) is 0 Å². The lowest BCUT2D eigenvalue weighted by atomic mass is 10.7. The van der Waals surface area contributed by atoms with Crippen molar-refractivity contribution >= 4 is 21.9 Å². The highest BCUT2D eigenvalue weighted by molar-refractivity contribution is 7.92. The van der Waals surface area contributed by atoms with Gasteiger partial charge in [-0.05, 0) is 0 Å². The second-order valence-electron chi connectivity index (χ2n) is 3.09. The Morgan fingerprint density at radius 1 is 1.29 bits per heavy atom. The summed E-state index contributed by atoms with van der Waals surface area (Å²) in [7, 11) is -2.22. The lowest BCUT2D eigenvalue weighted by molar-refractivity contribution is 0.599. The van der Waals surface area contributed by atoms with Crippen molar-refractivity contribution in [3.05, 3.63) is 18.7 Å². The number of aryl methyl sites for hydroxylation is 1. The Morgan fingerprint density at radius 2 is 1.94 bits per heavy atom. The number of nitrogens with two attached hydrogens (primary N) is 1. The van der Waals surface area contributed by atoms with Gasteiger partial charge < -0.3 is 5.73 Å². The fraction of sp³-hybridized carbons (Fsp3) is 0.143.